The van der Waals surface area contributed by atoms with Crippen LogP contribution in [0, 0.1) is 0 Å². The smallest absolute Gasteiger partial charge is 0.407 e. The van der Waals surface area contributed by atoms with Crippen LogP contribution in [-0.2, 0) is 35.7 Å². The zero-order chi connectivity index (χ0) is 40.9. The van der Waals surface area contributed by atoms with Crippen LogP contribution in [0.1, 0.15) is 48.9 Å². The number of hydrogen-bond acceptors (Lipinski definition) is 8. The Morgan fingerprint density at radius 2 is 0.983 bits per heavy atom. The van der Waals surface area contributed by atoms with Crippen molar-refractivity contribution in [2.45, 2.75) is 49.9 Å². The Morgan fingerprint density at radius 3 is 1.36 bits per heavy atom. The number of methoxy groups -OCH3 is 2. The van der Waals surface area contributed by atoms with Crippen molar-refractivity contribution in [3.05, 3.63) is 108 Å². The Bertz CT molecular complexity index is 2200. The van der Waals surface area contributed by atoms with Gasteiger partial charge < -0.3 is 45.1 Å². The van der Waals surface area contributed by atoms with Crippen molar-refractivity contribution in [3.8, 4) is 0 Å². The maximum Gasteiger partial charge on any atom is 0.407 e. The predicted octanol–water partition coefficient (Wildman–Crippen LogP) is 5.39. The summed E-state index contributed by atoms with van der Waals surface area (Å²) in [4.78, 5) is 82.6. The molecule has 58 heavy (non-hydrogen) atoms. The lowest BCUT2D eigenvalue weighted by Gasteiger charge is -2.28. The van der Waals surface area contributed by atoms with Crippen LogP contribution < -0.4 is 21.3 Å². The van der Waals surface area contributed by atoms with E-state index in [4.69, 9.17) is 9.47 Å². The highest BCUT2D eigenvalue weighted by Crippen LogP contribution is 2.33. The molecule has 2 saturated heterocycles. The van der Waals surface area contributed by atoms with Crippen LogP contribution >= 0.6 is 0 Å². The summed E-state index contributed by atoms with van der Waals surface area (Å²) in [7, 11) is 4.35. The number of fused-ring (bicyclic) bond motifs is 3. The highest BCUT2D eigenvalue weighted by atomic mass is 16.5. The summed E-state index contributed by atoms with van der Waals surface area (Å²) in [5, 5.41) is 13.1. The summed E-state index contributed by atoms with van der Waals surface area (Å²) >= 11 is 0. The number of nitrogens with zero attached hydrogens (tertiary/aromatic N) is 3. The third-order valence-corrected chi connectivity index (χ3v) is 10.9. The molecule has 4 aromatic carbocycles. The van der Waals surface area contributed by atoms with E-state index in [0.717, 1.165) is 21.8 Å². The molecule has 1 aromatic heterocycles. The molecular weight excluding hydrogens is 743 g/mol. The van der Waals surface area contributed by atoms with Gasteiger partial charge in [-0.05, 0) is 61.1 Å². The molecule has 2 fully saturated rings. The predicted molar refractivity (Wildman–Crippen MR) is 217 cm³/mol. The summed E-state index contributed by atoms with van der Waals surface area (Å²) in [5.41, 5.74) is 3.91. The van der Waals surface area contributed by atoms with E-state index in [9.17, 15) is 28.8 Å². The minimum absolute atomic E-state index is 0.338. The van der Waals surface area contributed by atoms with E-state index in [-0.39, 0.29) is 11.8 Å². The number of anilines is 2. The van der Waals surface area contributed by atoms with Gasteiger partial charge in [-0.1, -0.05) is 72.8 Å². The van der Waals surface area contributed by atoms with Gasteiger partial charge in [0, 0.05) is 42.3 Å². The van der Waals surface area contributed by atoms with Crippen LogP contribution in [0.5, 0.6) is 0 Å². The molecule has 0 aliphatic carbocycles. The van der Waals surface area contributed by atoms with Crippen molar-refractivity contribution in [1.82, 2.24) is 25.0 Å². The second-order valence-electron chi connectivity index (χ2n) is 14.3. The number of benzene rings is 4. The van der Waals surface area contributed by atoms with Crippen LogP contribution in [0.2, 0.25) is 0 Å². The van der Waals surface area contributed by atoms with Gasteiger partial charge in [0.15, 0.2) is 0 Å². The van der Waals surface area contributed by atoms with Crippen molar-refractivity contribution >= 4 is 69.0 Å². The van der Waals surface area contributed by atoms with E-state index in [1.165, 1.54) is 24.0 Å². The molecule has 0 saturated carbocycles. The van der Waals surface area contributed by atoms with Crippen molar-refractivity contribution in [2.75, 3.05) is 37.9 Å². The summed E-state index contributed by atoms with van der Waals surface area (Å²) in [6, 6.07) is 25.3. The van der Waals surface area contributed by atoms with E-state index in [2.05, 4.69) is 21.3 Å². The first-order valence-electron chi connectivity index (χ1n) is 19.1. The van der Waals surface area contributed by atoms with E-state index < -0.39 is 48.2 Å². The number of hydrogen-bond donors (Lipinski definition) is 4. The Morgan fingerprint density at radius 1 is 0.586 bits per heavy atom. The number of nitrogens with one attached hydrogen (secondary N) is 4. The fraction of sp³-hybridized carbons (Fsp3) is 0.302. The summed E-state index contributed by atoms with van der Waals surface area (Å²) < 4.78 is 11.5. The lowest BCUT2D eigenvalue weighted by atomic mass is 10.0. The van der Waals surface area contributed by atoms with Gasteiger partial charge in [-0.3, -0.25) is 19.2 Å². The minimum atomic E-state index is -1.02. The van der Waals surface area contributed by atoms with Crippen LogP contribution in [0.15, 0.2) is 97.1 Å². The zero-order valence-electron chi connectivity index (χ0n) is 32.4. The number of carbonyl (C=O) groups excluding carboxylic acids is 6. The maximum absolute atomic E-state index is 13.8. The molecule has 7 rings (SSSR count). The van der Waals surface area contributed by atoms with E-state index in [1.54, 1.807) is 48.5 Å². The molecule has 2 aliphatic heterocycles. The summed E-state index contributed by atoms with van der Waals surface area (Å²) in [5.74, 6) is -1.48. The van der Waals surface area contributed by atoms with Gasteiger partial charge in [0.2, 0.25) is 11.8 Å². The second-order valence-corrected chi connectivity index (χ2v) is 14.3. The normalized spacial score (nSPS) is 17.4. The Labute approximate surface area is 334 Å². The molecule has 0 spiro atoms. The Balaban J connectivity index is 1.06. The molecule has 6 amide bonds. The van der Waals surface area contributed by atoms with Crippen molar-refractivity contribution in [1.29, 1.82) is 0 Å². The van der Waals surface area contributed by atoms with E-state index >= 15 is 0 Å². The van der Waals surface area contributed by atoms with Crippen LogP contribution in [0.25, 0.3) is 21.8 Å². The van der Waals surface area contributed by atoms with Gasteiger partial charge in [-0.15, -0.1) is 0 Å². The van der Waals surface area contributed by atoms with Gasteiger partial charge in [-0.2, -0.15) is 0 Å². The fourth-order valence-corrected chi connectivity index (χ4v) is 7.97. The summed E-state index contributed by atoms with van der Waals surface area (Å²) in [6.07, 6.45) is 0.674. The standard InChI is InChI=1S/C43H45N7O8/c1-48-34-24-28(44-38(51)32-16-10-22-49(32)40(53)36(46-42(55)57-2)26-12-6-4-7-13-26)18-20-30(34)31-21-19-29(25-35(31)48)45-39(52)33-17-11-23-50(33)41(54)37(47-43(56)58-3)27-14-8-5-9-15-27/h4-9,12-15,18-21,24-25,32-33,36-37H,10-11,16-17,22-23H2,1-3H3,(H,44,51)(H,45,52)(H,46,55)(H,47,56)/t32-,33-,36-,37-/m0/s1. The lowest BCUT2D eigenvalue weighted by Crippen LogP contribution is -2.48. The highest BCUT2D eigenvalue weighted by molar-refractivity contribution is 6.11. The van der Waals surface area contributed by atoms with Gasteiger partial charge in [0.1, 0.15) is 24.2 Å². The third-order valence-electron chi connectivity index (χ3n) is 10.9. The number of carbonyl (C=O) groups is 6. The molecule has 0 bridgehead atoms. The third kappa shape index (κ3) is 8.01. The lowest BCUT2D eigenvalue weighted by molar-refractivity contribution is -0.138. The van der Waals surface area contributed by atoms with Crippen LogP contribution in [0.4, 0.5) is 21.0 Å². The van der Waals surface area contributed by atoms with Crippen LogP contribution in [0.3, 0.4) is 0 Å². The highest BCUT2D eigenvalue weighted by Gasteiger charge is 2.40. The maximum atomic E-state index is 13.8. The Hall–Kier alpha value is -6.90. The molecule has 4 atom stereocenters. The largest absolute Gasteiger partial charge is 0.453 e. The fourth-order valence-electron chi connectivity index (χ4n) is 7.97. The minimum Gasteiger partial charge on any atom is -0.453 e. The van der Waals surface area contributed by atoms with E-state index in [1.807, 2.05) is 60.1 Å². The Kier molecular flexibility index (Phi) is 11.6. The topological polar surface area (TPSA) is 180 Å². The van der Waals surface area contributed by atoms with Gasteiger partial charge >= 0.3 is 12.2 Å². The van der Waals surface area contributed by atoms with Crippen molar-refractivity contribution < 1.29 is 38.2 Å². The molecule has 15 heteroatoms. The van der Waals surface area contributed by atoms with Crippen molar-refractivity contribution in [2.24, 2.45) is 7.05 Å². The monoisotopic (exact) mass is 787 g/mol. The molecule has 300 valence electrons. The number of rotatable bonds is 10. The molecular formula is C43H45N7O8. The van der Waals surface area contributed by atoms with Crippen molar-refractivity contribution in [3.63, 3.8) is 0 Å². The first-order chi connectivity index (χ1) is 28.1. The van der Waals surface area contributed by atoms with Gasteiger partial charge in [-0.25, -0.2) is 9.59 Å². The average Bonchev–Trinajstić information content (AvgIpc) is 4.01. The quantitative estimate of drug-likeness (QED) is 0.146. The first-order valence-corrected chi connectivity index (χ1v) is 19.1. The number of alkyl carbamates (subject to hydrolysis) is 2. The molecule has 0 unspecified atom stereocenters. The second kappa shape index (κ2) is 17.1. The number of aryl methyl sites for hydroxylation is 1. The molecule has 0 radical (unpaired) electrons. The van der Waals surface area contributed by atoms with Gasteiger partial charge in [0.05, 0.1) is 25.3 Å². The number of likely N-dealkylation sites (tertiary alicyclic amines) is 2. The number of aromatic nitrogens is 1. The first kappa shape index (κ1) is 39.3. The molecule has 4 N–H and O–H groups in total. The number of amides is 6. The van der Waals surface area contributed by atoms with Gasteiger partial charge in [0.25, 0.3) is 11.8 Å². The average molecular weight is 788 g/mol. The molecule has 3 heterocycles. The van der Waals surface area contributed by atoms with Crippen LogP contribution in [-0.4, -0.2) is 89.6 Å². The SMILES string of the molecule is COC(=O)N[C@H](C(=O)N1CCC[C@H]1C(=O)Nc1ccc2c3ccc(NC(=O)[C@@H]4CCCN4C(=O)[C@@H](NC(=O)OC)c4ccccc4)cc3n(C)c2c1)c1ccccc1. The number of ether oxygens (including phenoxy) is 2. The van der Waals surface area contributed by atoms with E-state index in [0.29, 0.717) is 61.3 Å². The zero-order valence-corrected chi connectivity index (χ0v) is 32.4. The molecule has 15 nitrogen and oxygen atoms in total. The molecule has 2 aliphatic rings. The molecule has 5 aromatic rings. The summed E-state index contributed by atoms with van der Waals surface area (Å²) in [6.45, 7) is 0.722.